The zero-order chi connectivity index (χ0) is 15.5. The summed E-state index contributed by atoms with van der Waals surface area (Å²) in [6.45, 7) is 3.75. The van der Waals surface area contributed by atoms with Crippen LogP contribution in [0, 0.1) is 0 Å². The molecule has 1 heterocycles. The summed E-state index contributed by atoms with van der Waals surface area (Å²) in [5.41, 5.74) is 5.03. The standard InChI is InChI=1S/C19H22NO2/c1-14-17-12-19(22-13-15-7-5-4-6-8-15)18(21-3)11-16(17)9-10-20(14)2/h4-8,11-12H,9-10,13H2,1-3H3/q+1. The first kappa shape index (κ1) is 14.6. The predicted molar refractivity (Wildman–Crippen MR) is 88.3 cm³/mol. The summed E-state index contributed by atoms with van der Waals surface area (Å²) in [6, 6.07) is 14.4. The molecule has 0 radical (unpaired) electrons. The first-order valence-electron chi connectivity index (χ1n) is 7.61. The third-order valence-electron chi connectivity index (χ3n) is 4.31. The number of methoxy groups -OCH3 is 1. The smallest absolute Gasteiger partial charge is 0.180 e. The third-order valence-corrected chi connectivity index (χ3v) is 4.31. The highest BCUT2D eigenvalue weighted by atomic mass is 16.5. The molecule has 0 aromatic heterocycles. The molecule has 3 heteroatoms. The van der Waals surface area contributed by atoms with E-state index in [9.17, 15) is 0 Å². The van der Waals surface area contributed by atoms with Crippen molar-refractivity contribution in [2.45, 2.75) is 20.0 Å². The van der Waals surface area contributed by atoms with Crippen LogP contribution in [-0.4, -0.2) is 31.0 Å². The van der Waals surface area contributed by atoms with Gasteiger partial charge in [0.05, 0.1) is 7.11 Å². The summed E-state index contributed by atoms with van der Waals surface area (Å²) >= 11 is 0. The van der Waals surface area contributed by atoms with Crippen LogP contribution in [0.5, 0.6) is 11.5 Å². The minimum Gasteiger partial charge on any atom is -0.493 e. The molecule has 3 nitrogen and oxygen atoms in total. The number of benzene rings is 2. The molecule has 0 aliphatic carbocycles. The van der Waals surface area contributed by atoms with Crippen molar-refractivity contribution >= 4 is 5.71 Å². The van der Waals surface area contributed by atoms with Gasteiger partial charge in [0.25, 0.3) is 0 Å². The topological polar surface area (TPSA) is 21.5 Å². The second-order valence-electron chi connectivity index (χ2n) is 5.69. The fourth-order valence-electron chi connectivity index (χ4n) is 2.81. The lowest BCUT2D eigenvalue weighted by molar-refractivity contribution is -0.498. The molecule has 2 aromatic carbocycles. The molecule has 114 valence electrons. The van der Waals surface area contributed by atoms with E-state index < -0.39 is 0 Å². The minimum atomic E-state index is 0.547. The highest BCUT2D eigenvalue weighted by Gasteiger charge is 2.22. The fourth-order valence-corrected chi connectivity index (χ4v) is 2.81. The summed E-state index contributed by atoms with van der Waals surface area (Å²) in [5, 5.41) is 0. The lowest BCUT2D eigenvalue weighted by atomic mass is 9.97. The lowest BCUT2D eigenvalue weighted by Crippen LogP contribution is -2.25. The number of fused-ring (bicyclic) bond motifs is 1. The number of nitrogens with zero attached hydrogens (tertiary/aromatic N) is 1. The first-order valence-corrected chi connectivity index (χ1v) is 7.61. The molecule has 0 saturated carbocycles. The van der Waals surface area contributed by atoms with Gasteiger partial charge in [-0.25, -0.2) is 4.58 Å². The highest BCUT2D eigenvalue weighted by molar-refractivity contribution is 5.97. The van der Waals surface area contributed by atoms with Crippen molar-refractivity contribution < 1.29 is 14.0 Å². The number of hydrogen-bond donors (Lipinski definition) is 0. The van der Waals surface area contributed by atoms with E-state index in [4.69, 9.17) is 9.47 Å². The van der Waals surface area contributed by atoms with Crippen molar-refractivity contribution in [2.24, 2.45) is 0 Å². The quantitative estimate of drug-likeness (QED) is 0.808. The molecule has 1 aliphatic heterocycles. The van der Waals surface area contributed by atoms with Gasteiger partial charge < -0.3 is 9.47 Å². The Balaban J connectivity index is 1.91. The summed E-state index contributed by atoms with van der Waals surface area (Å²) in [4.78, 5) is 0. The molecule has 22 heavy (non-hydrogen) atoms. The van der Waals surface area contributed by atoms with E-state index in [2.05, 4.69) is 42.8 Å². The maximum absolute atomic E-state index is 6.01. The Kier molecular flexibility index (Phi) is 4.14. The lowest BCUT2D eigenvalue weighted by Gasteiger charge is -2.18. The van der Waals surface area contributed by atoms with E-state index in [0.29, 0.717) is 6.61 Å². The Morgan fingerprint density at radius 3 is 2.59 bits per heavy atom. The van der Waals surface area contributed by atoms with Gasteiger partial charge in [-0.05, 0) is 23.3 Å². The van der Waals surface area contributed by atoms with Crippen LogP contribution in [0.3, 0.4) is 0 Å². The van der Waals surface area contributed by atoms with E-state index in [1.807, 2.05) is 18.2 Å². The second-order valence-corrected chi connectivity index (χ2v) is 5.69. The molecule has 0 spiro atoms. The molecule has 0 N–H and O–H groups in total. The number of ether oxygens (including phenoxy) is 2. The van der Waals surface area contributed by atoms with E-state index in [1.165, 1.54) is 16.8 Å². The van der Waals surface area contributed by atoms with Crippen LogP contribution in [-0.2, 0) is 13.0 Å². The monoisotopic (exact) mass is 296 g/mol. The predicted octanol–water partition coefficient (Wildman–Crippen LogP) is 3.28. The van der Waals surface area contributed by atoms with Crippen molar-refractivity contribution in [1.82, 2.24) is 0 Å². The molecule has 0 amide bonds. The van der Waals surface area contributed by atoms with Gasteiger partial charge in [0, 0.05) is 18.9 Å². The van der Waals surface area contributed by atoms with Crippen molar-refractivity contribution in [3.63, 3.8) is 0 Å². The Labute approximate surface area is 131 Å². The maximum atomic E-state index is 6.01. The summed E-state index contributed by atoms with van der Waals surface area (Å²) in [5.74, 6) is 1.62. The summed E-state index contributed by atoms with van der Waals surface area (Å²) in [6.07, 6.45) is 1.04. The van der Waals surface area contributed by atoms with Gasteiger partial charge >= 0.3 is 0 Å². The normalized spacial score (nSPS) is 13.8. The molecule has 0 fully saturated rings. The molecule has 1 aliphatic rings. The molecule has 0 bridgehead atoms. The van der Waals surface area contributed by atoms with Crippen LogP contribution in [0.1, 0.15) is 23.6 Å². The van der Waals surface area contributed by atoms with Crippen LogP contribution in [0.25, 0.3) is 0 Å². The molecule has 2 aromatic rings. The minimum absolute atomic E-state index is 0.547. The van der Waals surface area contributed by atoms with Gasteiger partial charge in [0.1, 0.15) is 20.2 Å². The van der Waals surface area contributed by atoms with Gasteiger partial charge in [-0.1, -0.05) is 30.3 Å². The van der Waals surface area contributed by atoms with E-state index in [0.717, 1.165) is 30.0 Å². The van der Waals surface area contributed by atoms with Crippen LogP contribution >= 0.6 is 0 Å². The average molecular weight is 296 g/mol. The fraction of sp³-hybridized carbons (Fsp3) is 0.316. The number of likely N-dealkylation sites (N-methyl/N-ethyl adjacent to an activating group) is 1. The second kappa shape index (κ2) is 6.22. The molecule has 0 saturated heterocycles. The van der Waals surface area contributed by atoms with Gasteiger partial charge in [0.2, 0.25) is 0 Å². The van der Waals surface area contributed by atoms with Crippen molar-refractivity contribution in [3.05, 3.63) is 59.2 Å². The van der Waals surface area contributed by atoms with Crippen molar-refractivity contribution in [2.75, 3.05) is 20.7 Å². The molecule has 3 rings (SSSR count). The van der Waals surface area contributed by atoms with Gasteiger partial charge in [0.15, 0.2) is 17.2 Å². The number of hydrogen-bond acceptors (Lipinski definition) is 2. The first-order chi connectivity index (χ1) is 10.7. The van der Waals surface area contributed by atoms with Crippen LogP contribution in [0.4, 0.5) is 0 Å². The zero-order valence-corrected chi connectivity index (χ0v) is 13.4. The summed E-state index contributed by atoms with van der Waals surface area (Å²) in [7, 11) is 3.83. The average Bonchev–Trinajstić information content (AvgIpc) is 2.57. The maximum Gasteiger partial charge on any atom is 0.180 e. The Morgan fingerprint density at radius 1 is 1.09 bits per heavy atom. The molecule has 0 atom stereocenters. The van der Waals surface area contributed by atoms with Crippen LogP contribution in [0.15, 0.2) is 42.5 Å². The third kappa shape index (κ3) is 2.84. The largest absolute Gasteiger partial charge is 0.493 e. The molecular weight excluding hydrogens is 274 g/mol. The van der Waals surface area contributed by atoms with Gasteiger partial charge in [-0.3, -0.25) is 0 Å². The summed E-state index contributed by atoms with van der Waals surface area (Å²) < 4.78 is 13.8. The van der Waals surface area contributed by atoms with Crippen LogP contribution in [0.2, 0.25) is 0 Å². The van der Waals surface area contributed by atoms with Gasteiger partial charge in [-0.15, -0.1) is 0 Å². The van der Waals surface area contributed by atoms with E-state index in [-0.39, 0.29) is 0 Å². The van der Waals surface area contributed by atoms with E-state index in [1.54, 1.807) is 7.11 Å². The Hall–Kier alpha value is -2.29. The Morgan fingerprint density at radius 2 is 1.86 bits per heavy atom. The van der Waals surface area contributed by atoms with Gasteiger partial charge in [-0.2, -0.15) is 0 Å². The Bertz CT molecular complexity index is 705. The zero-order valence-electron chi connectivity index (χ0n) is 13.4. The number of rotatable bonds is 4. The highest BCUT2D eigenvalue weighted by Crippen LogP contribution is 2.33. The molecule has 0 unspecified atom stereocenters. The van der Waals surface area contributed by atoms with Crippen LogP contribution < -0.4 is 9.47 Å². The molecular formula is C19H22NO2+. The SMILES string of the molecule is COc1cc2c(cc1OCc1ccccc1)C(C)=[N+](C)CC2. The van der Waals surface area contributed by atoms with Crippen molar-refractivity contribution in [1.29, 1.82) is 0 Å². The van der Waals surface area contributed by atoms with E-state index >= 15 is 0 Å². The van der Waals surface area contributed by atoms with Crippen molar-refractivity contribution in [3.8, 4) is 11.5 Å².